The van der Waals surface area contributed by atoms with Crippen molar-refractivity contribution in [3.63, 3.8) is 0 Å². The highest BCUT2D eigenvalue weighted by atomic mass is 35.5. The average Bonchev–Trinajstić information content (AvgIpc) is 3.05. The topological polar surface area (TPSA) is 29.1 Å². The fourth-order valence-corrected chi connectivity index (χ4v) is 3.75. The monoisotopic (exact) mass is 277 g/mol. The van der Waals surface area contributed by atoms with Gasteiger partial charge >= 0.3 is 0 Å². The number of hydrogen-bond acceptors (Lipinski definition) is 1. The zero-order valence-electron chi connectivity index (χ0n) is 11.1. The number of fused-ring (bicyclic) bond motifs is 1. The number of alkyl halides is 1. The first-order valence-corrected chi connectivity index (χ1v) is 7.80. The molecular formula is C16H20ClNO. The fraction of sp³-hybridized carbons (Fsp3) is 0.562. The van der Waals surface area contributed by atoms with Crippen LogP contribution in [0.25, 0.3) is 0 Å². The van der Waals surface area contributed by atoms with Crippen LogP contribution in [0.2, 0.25) is 0 Å². The molecule has 1 aromatic rings. The summed E-state index contributed by atoms with van der Waals surface area (Å²) >= 11 is 5.96. The number of benzene rings is 1. The van der Waals surface area contributed by atoms with Gasteiger partial charge < -0.3 is 5.32 Å². The third-order valence-electron chi connectivity index (χ3n) is 4.53. The molecule has 1 fully saturated rings. The van der Waals surface area contributed by atoms with Crippen molar-refractivity contribution in [3.8, 4) is 0 Å². The molecular weight excluding hydrogens is 258 g/mol. The summed E-state index contributed by atoms with van der Waals surface area (Å²) in [5, 5.41) is 3.16. The lowest BCUT2D eigenvalue weighted by Gasteiger charge is -2.19. The molecule has 0 saturated heterocycles. The minimum atomic E-state index is 0.0664. The van der Waals surface area contributed by atoms with E-state index in [1.807, 2.05) is 6.07 Å². The first-order valence-electron chi connectivity index (χ1n) is 7.26. The Labute approximate surface area is 119 Å². The van der Waals surface area contributed by atoms with Gasteiger partial charge in [0.2, 0.25) is 0 Å². The number of nitrogens with one attached hydrogen (secondary N) is 1. The third kappa shape index (κ3) is 2.64. The maximum atomic E-state index is 12.3. The predicted octanol–water partition coefficient (Wildman–Crippen LogP) is 3.31. The Balaban J connectivity index is 1.70. The van der Waals surface area contributed by atoms with Crippen molar-refractivity contribution in [3.05, 3.63) is 34.9 Å². The lowest BCUT2D eigenvalue weighted by atomic mass is 10.0. The van der Waals surface area contributed by atoms with Crippen LogP contribution < -0.4 is 5.32 Å². The highest BCUT2D eigenvalue weighted by Gasteiger charge is 2.28. The standard InChI is InChI=1S/C16H20ClNO/c17-10-14-5-2-6-15(14)18-16(19)13-8-7-11-3-1-4-12(11)9-13/h7-9,14-15H,1-6,10H2,(H,18,19). The van der Waals surface area contributed by atoms with E-state index < -0.39 is 0 Å². The molecule has 3 rings (SSSR count). The van der Waals surface area contributed by atoms with E-state index in [0.29, 0.717) is 11.8 Å². The molecule has 1 aromatic carbocycles. The molecule has 2 atom stereocenters. The van der Waals surface area contributed by atoms with E-state index in [9.17, 15) is 4.79 Å². The van der Waals surface area contributed by atoms with E-state index in [-0.39, 0.29) is 11.9 Å². The molecule has 0 heterocycles. The Morgan fingerprint density at radius 3 is 2.89 bits per heavy atom. The van der Waals surface area contributed by atoms with Crippen molar-refractivity contribution < 1.29 is 4.79 Å². The molecule has 1 saturated carbocycles. The lowest BCUT2D eigenvalue weighted by Crippen LogP contribution is -2.38. The van der Waals surface area contributed by atoms with Gasteiger partial charge in [-0.1, -0.05) is 12.5 Å². The summed E-state index contributed by atoms with van der Waals surface area (Å²) < 4.78 is 0. The highest BCUT2D eigenvalue weighted by molar-refractivity contribution is 6.18. The van der Waals surface area contributed by atoms with E-state index in [1.54, 1.807) is 0 Å². The van der Waals surface area contributed by atoms with Gasteiger partial charge in [0.1, 0.15) is 0 Å². The first-order chi connectivity index (χ1) is 9.28. The van der Waals surface area contributed by atoms with Crippen LogP contribution in [0.3, 0.4) is 0 Å². The van der Waals surface area contributed by atoms with Crippen molar-refractivity contribution in [2.45, 2.75) is 44.6 Å². The molecule has 102 valence electrons. The molecule has 2 aliphatic carbocycles. The maximum absolute atomic E-state index is 12.3. The molecule has 3 heteroatoms. The first kappa shape index (κ1) is 13.0. The SMILES string of the molecule is O=C(NC1CCCC1CCl)c1ccc2c(c1)CCC2. The van der Waals surface area contributed by atoms with Gasteiger partial charge in [0.05, 0.1) is 0 Å². The number of rotatable bonds is 3. The van der Waals surface area contributed by atoms with Crippen LogP contribution in [0, 0.1) is 5.92 Å². The van der Waals surface area contributed by atoms with Crippen LogP contribution in [0.4, 0.5) is 0 Å². The van der Waals surface area contributed by atoms with Crippen molar-refractivity contribution in [1.29, 1.82) is 0 Å². The second-order valence-corrected chi connectivity index (χ2v) is 6.07. The molecule has 2 aliphatic rings. The quantitative estimate of drug-likeness (QED) is 0.844. The number of halogens is 1. The van der Waals surface area contributed by atoms with Crippen LogP contribution in [-0.2, 0) is 12.8 Å². The second kappa shape index (κ2) is 5.54. The van der Waals surface area contributed by atoms with Gasteiger partial charge in [-0.2, -0.15) is 0 Å². The Kier molecular flexibility index (Phi) is 3.79. The third-order valence-corrected chi connectivity index (χ3v) is 4.93. The Hall–Kier alpha value is -1.02. The summed E-state index contributed by atoms with van der Waals surface area (Å²) in [5.74, 6) is 1.16. The molecule has 0 bridgehead atoms. The van der Waals surface area contributed by atoms with Gasteiger partial charge in [-0.15, -0.1) is 11.6 Å². The zero-order chi connectivity index (χ0) is 13.2. The molecule has 19 heavy (non-hydrogen) atoms. The Morgan fingerprint density at radius 2 is 2.05 bits per heavy atom. The van der Waals surface area contributed by atoms with Crippen molar-refractivity contribution in [2.24, 2.45) is 5.92 Å². The van der Waals surface area contributed by atoms with Crippen LogP contribution in [-0.4, -0.2) is 17.8 Å². The van der Waals surface area contributed by atoms with E-state index >= 15 is 0 Å². The van der Waals surface area contributed by atoms with E-state index in [0.717, 1.165) is 31.2 Å². The second-order valence-electron chi connectivity index (χ2n) is 5.76. The fourth-order valence-electron chi connectivity index (χ4n) is 3.38. The molecule has 2 unspecified atom stereocenters. The lowest BCUT2D eigenvalue weighted by molar-refractivity contribution is 0.0930. The summed E-state index contributed by atoms with van der Waals surface area (Å²) in [6.45, 7) is 0. The number of amides is 1. The molecule has 0 radical (unpaired) electrons. The smallest absolute Gasteiger partial charge is 0.251 e. The summed E-state index contributed by atoms with van der Waals surface area (Å²) in [7, 11) is 0. The maximum Gasteiger partial charge on any atom is 0.251 e. The molecule has 0 aliphatic heterocycles. The largest absolute Gasteiger partial charge is 0.349 e. The van der Waals surface area contributed by atoms with Crippen LogP contribution in [0.1, 0.15) is 47.2 Å². The molecule has 0 aromatic heterocycles. The van der Waals surface area contributed by atoms with Gasteiger partial charge in [0.25, 0.3) is 5.91 Å². The van der Waals surface area contributed by atoms with Crippen LogP contribution in [0.5, 0.6) is 0 Å². The molecule has 1 amide bonds. The van der Waals surface area contributed by atoms with Gasteiger partial charge in [-0.3, -0.25) is 4.79 Å². The van der Waals surface area contributed by atoms with E-state index in [2.05, 4.69) is 17.4 Å². The highest BCUT2D eigenvalue weighted by Crippen LogP contribution is 2.27. The molecule has 0 spiro atoms. The van der Waals surface area contributed by atoms with Crippen molar-refractivity contribution in [1.82, 2.24) is 5.32 Å². The number of aryl methyl sites for hydroxylation is 2. The van der Waals surface area contributed by atoms with Gasteiger partial charge in [-0.25, -0.2) is 0 Å². The van der Waals surface area contributed by atoms with E-state index in [1.165, 1.54) is 24.0 Å². The zero-order valence-corrected chi connectivity index (χ0v) is 11.9. The number of hydrogen-bond donors (Lipinski definition) is 1. The van der Waals surface area contributed by atoms with Crippen molar-refractivity contribution in [2.75, 3.05) is 5.88 Å². The van der Waals surface area contributed by atoms with Gasteiger partial charge in [-0.05, 0) is 61.3 Å². The number of carbonyl (C=O) groups excluding carboxylic acids is 1. The summed E-state index contributed by atoms with van der Waals surface area (Å²) in [6, 6.07) is 6.41. The van der Waals surface area contributed by atoms with Gasteiger partial charge in [0, 0.05) is 17.5 Å². The Bertz CT molecular complexity index is 486. The van der Waals surface area contributed by atoms with Gasteiger partial charge in [0.15, 0.2) is 0 Å². The van der Waals surface area contributed by atoms with Crippen LogP contribution in [0.15, 0.2) is 18.2 Å². The summed E-state index contributed by atoms with van der Waals surface area (Å²) in [6.07, 6.45) is 6.87. The minimum Gasteiger partial charge on any atom is -0.349 e. The summed E-state index contributed by atoms with van der Waals surface area (Å²) in [5.41, 5.74) is 3.57. The summed E-state index contributed by atoms with van der Waals surface area (Å²) in [4.78, 5) is 12.3. The predicted molar refractivity (Wildman–Crippen MR) is 77.8 cm³/mol. The minimum absolute atomic E-state index is 0.0664. The van der Waals surface area contributed by atoms with Crippen LogP contribution >= 0.6 is 11.6 Å². The van der Waals surface area contributed by atoms with E-state index in [4.69, 9.17) is 11.6 Å². The molecule has 1 N–H and O–H groups in total. The Morgan fingerprint density at radius 1 is 1.21 bits per heavy atom. The normalized spacial score (nSPS) is 25.3. The average molecular weight is 278 g/mol. The molecule has 2 nitrogen and oxygen atoms in total. The number of carbonyl (C=O) groups is 1. The van der Waals surface area contributed by atoms with Crippen molar-refractivity contribution >= 4 is 17.5 Å².